The van der Waals surface area contributed by atoms with Gasteiger partial charge in [0.05, 0.1) is 5.60 Å². The predicted molar refractivity (Wildman–Crippen MR) is 101 cm³/mol. The predicted octanol–water partition coefficient (Wildman–Crippen LogP) is 4.94. The lowest BCUT2D eigenvalue weighted by molar-refractivity contribution is -0.166. The van der Waals surface area contributed by atoms with Crippen molar-refractivity contribution in [2.24, 2.45) is 22.7 Å². The molecule has 0 heterocycles. The van der Waals surface area contributed by atoms with Crippen molar-refractivity contribution < 1.29 is 15.3 Å². The molecule has 2 saturated carbocycles. The number of rotatable bonds is 2. The Morgan fingerprint density at radius 1 is 1.04 bits per heavy atom. The molecular weight excluding hydrogens is 312 g/mol. The van der Waals surface area contributed by atoms with Gasteiger partial charge in [-0.15, -0.1) is 0 Å². The van der Waals surface area contributed by atoms with Gasteiger partial charge in [-0.05, 0) is 85.8 Å². The topological polar surface area (TPSA) is 60.7 Å². The first kappa shape index (κ1) is 18.6. The third-order valence-corrected chi connectivity index (χ3v) is 7.60. The summed E-state index contributed by atoms with van der Waals surface area (Å²) in [4.78, 5) is 0. The zero-order chi connectivity index (χ0) is 18.6. The zero-order valence-electron chi connectivity index (χ0n) is 16.4. The van der Waals surface area contributed by atoms with Crippen molar-refractivity contribution in [3.05, 3.63) is 23.3 Å². The summed E-state index contributed by atoms with van der Waals surface area (Å²) in [5, 5.41) is 31.4. The Hall–Kier alpha value is -1.22. The van der Waals surface area contributed by atoms with Gasteiger partial charge in [-0.1, -0.05) is 27.2 Å². The van der Waals surface area contributed by atoms with E-state index in [-0.39, 0.29) is 22.8 Å². The fourth-order valence-corrected chi connectivity index (χ4v) is 6.33. The van der Waals surface area contributed by atoms with E-state index >= 15 is 0 Å². The SMILES string of the molecule is Cc1cc(O)cc(O)c1CC1C(C)(O)CCC2C(C)(C)CCCC21C. The maximum atomic E-state index is 11.3. The fraction of sp³-hybridized carbons (Fsp3) is 0.727. The molecule has 1 aromatic rings. The van der Waals surface area contributed by atoms with E-state index in [0.717, 1.165) is 30.4 Å². The third-order valence-electron chi connectivity index (χ3n) is 7.60. The summed E-state index contributed by atoms with van der Waals surface area (Å²) in [6.45, 7) is 11.0. The molecular formula is C22H34O3. The Morgan fingerprint density at radius 3 is 2.36 bits per heavy atom. The lowest BCUT2D eigenvalue weighted by Gasteiger charge is -2.61. The first-order chi connectivity index (χ1) is 11.5. The molecule has 140 valence electrons. The summed E-state index contributed by atoms with van der Waals surface area (Å²) in [7, 11) is 0. The molecule has 3 rings (SSSR count). The van der Waals surface area contributed by atoms with Crippen LogP contribution in [-0.4, -0.2) is 20.9 Å². The van der Waals surface area contributed by atoms with Crippen LogP contribution in [0.15, 0.2) is 12.1 Å². The third kappa shape index (κ3) is 3.05. The highest BCUT2D eigenvalue weighted by molar-refractivity contribution is 5.45. The molecule has 1 aromatic carbocycles. The van der Waals surface area contributed by atoms with Crippen LogP contribution < -0.4 is 0 Å². The van der Waals surface area contributed by atoms with E-state index in [4.69, 9.17) is 0 Å². The number of aromatic hydroxyl groups is 2. The van der Waals surface area contributed by atoms with Gasteiger partial charge in [-0.25, -0.2) is 0 Å². The standard InChI is InChI=1S/C22H34O3/c1-14-11-15(23)12-17(24)16(14)13-19-21(4)9-6-8-20(2,3)18(21)7-10-22(19,5)25/h11-12,18-19,23-25H,6-10,13H2,1-5H3. The van der Waals surface area contributed by atoms with Gasteiger partial charge < -0.3 is 15.3 Å². The maximum absolute atomic E-state index is 11.3. The minimum atomic E-state index is -0.727. The van der Waals surface area contributed by atoms with E-state index in [1.807, 2.05) is 13.8 Å². The first-order valence-corrected chi connectivity index (χ1v) is 9.71. The molecule has 3 heteroatoms. The van der Waals surface area contributed by atoms with Crippen LogP contribution in [0, 0.1) is 29.6 Å². The molecule has 2 aliphatic carbocycles. The van der Waals surface area contributed by atoms with Gasteiger partial charge >= 0.3 is 0 Å². The highest BCUT2D eigenvalue weighted by Crippen LogP contribution is 2.62. The maximum Gasteiger partial charge on any atom is 0.122 e. The lowest BCUT2D eigenvalue weighted by atomic mass is 9.45. The first-order valence-electron chi connectivity index (χ1n) is 9.71. The van der Waals surface area contributed by atoms with Gasteiger partial charge in [0, 0.05) is 6.07 Å². The number of aryl methyl sites for hydroxylation is 1. The highest BCUT2D eigenvalue weighted by Gasteiger charge is 2.57. The zero-order valence-corrected chi connectivity index (χ0v) is 16.4. The molecule has 0 radical (unpaired) electrons. The number of hydrogen-bond donors (Lipinski definition) is 3. The molecule has 0 spiro atoms. The van der Waals surface area contributed by atoms with Gasteiger partial charge in [0.15, 0.2) is 0 Å². The molecule has 0 amide bonds. The highest BCUT2D eigenvalue weighted by atomic mass is 16.3. The van der Waals surface area contributed by atoms with Crippen LogP contribution in [0.1, 0.15) is 70.9 Å². The molecule has 4 atom stereocenters. The molecule has 3 nitrogen and oxygen atoms in total. The Bertz CT molecular complexity index is 638. The summed E-state index contributed by atoms with van der Waals surface area (Å²) in [6.07, 6.45) is 6.15. The van der Waals surface area contributed by atoms with Gasteiger partial charge in [-0.2, -0.15) is 0 Å². The van der Waals surface area contributed by atoms with Crippen molar-refractivity contribution in [1.82, 2.24) is 0 Å². The number of phenolic OH excluding ortho intramolecular Hbond substituents is 2. The molecule has 0 bridgehead atoms. The van der Waals surface area contributed by atoms with Crippen LogP contribution >= 0.6 is 0 Å². The summed E-state index contributed by atoms with van der Waals surface area (Å²) in [6, 6.07) is 3.13. The summed E-state index contributed by atoms with van der Waals surface area (Å²) in [5.74, 6) is 0.942. The second kappa shape index (κ2) is 5.90. The average molecular weight is 347 g/mol. The molecule has 0 saturated heterocycles. The van der Waals surface area contributed by atoms with E-state index in [1.54, 1.807) is 6.07 Å². The van der Waals surface area contributed by atoms with E-state index in [2.05, 4.69) is 20.8 Å². The van der Waals surface area contributed by atoms with Crippen molar-refractivity contribution >= 4 is 0 Å². The summed E-state index contributed by atoms with van der Waals surface area (Å²) in [5.41, 5.74) is 1.41. The smallest absolute Gasteiger partial charge is 0.122 e. The Kier molecular flexibility index (Phi) is 4.39. The number of phenols is 2. The molecule has 2 aliphatic rings. The van der Waals surface area contributed by atoms with E-state index < -0.39 is 5.60 Å². The molecule has 0 aliphatic heterocycles. The quantitative estimate of drug-likeness (QED) is 0.710. The monoisotopic (exact) mass is 346 g/mol. The van der Waals surface area contributed by atoms with Gasteiger partial charge in [0.2, 0.25) is 0 Å². The van der Waals surface area contributed by atoms with E-state index in [9.17, 15) is 15.3 Å². The number of aliphatic hydroxyl groups is 1. The second-order valence-electron chi connectivity index (χ2n) is 9.81. The largest absolute Gasteiger partial charge is 0.508 e. The molecule has 0 aromatic heterocycles. The minimum absolute atomic E-state index is 0.0697. The van der Waals surface area contributed by atoms with Crippen LogP contribution in [0.4, 0.5) is 0 Å². The molecule has 3 N–H and O–H groups in total. The Labute approximate surface area is 152 Å². The van der Waals surface area contributed by atoms with Crippen molar-refractivity contribution in [3.8, 4) is 11.5 Å². The number of benzene rings is 1. The van der Waals surface area contributed by atoms with Crippen molar-refractivity contribution in [3.63, 3.8) is 0 Å². The van der Waals surface area contributed by atoms with Crippen LogP contribution in [0.5, 0.6) is 11.5 Å². The van der Waals surface area contributed by atoms with Gasteiger partial charge in [-0.3, -0.25) is 0 Å². The summed E-state index contributed by atoms with van der Waals surface area (Å²) < 4.78 is 0. The normalized spacial score (nSPS) is 37.5. The van der Waals surface area contributed by atoms with Crippen LogP contribution in [-0.2, 0) is 6.42 Å². The summed E-state index contributed by atoms with van der Waals surface area (Å²) >= 11 is 0. The second-order valence-corrected chi connectivity index (χ2v) is 9.81. The average Bonchev–Trinajstić information content (AvgIpc) is 2.43. The Balaban J connectivity index is 2.03. The van der Waals surface area contributed by atoms with Crippen LogP contribution in [0.25, 0.3) is 0 Å². The van der Waals surface area contributed by atoms with Gasteiger partial charge in [0.25, 0.3) is 0 Å². The fourth-order valence-electron chi connectivity index (χ4n) is 6.33. The molecule has 4 unspecified atom stereocenters. The van der Waals surface area contributed by atoms with Gasteiger partial charge in [0.1, 0.15) is 11.5 Å². The lowest BCUT2D eigenvalue weighted by Crippen LogP contribution is -2.58. The molecule has 25 heavy (non-hydrogen) atoms. The van der Waals surface area contributed by atoms with Crippen LogP contribution in [0.2, 0.25) is 0 Å². The van der Waals surface area contributed by atoms with Crippen molar-refractivity contribution in [2.45, 2.75) is 78.7 Å². The number of fused-ring (bicyclic) bond motifs is 1. The van der Waals surface area contributed by atoms with Crippen molar-refractivity contribution in [1.29, 1.82) is 0 Å². The molecule has 2 fully saturated rings. The Morgan fingerprint density at radius 2 is 1.72 bits per heavy atom. The van der Waals surface area contributed by atoms with Crippen LogP contribution in [0.3, 0.4) is 0 Å². The minimum Gasteiger partial charge on any atom is -0.508 e. The van der Waals surface area contributed by atoms with E-state index in [0.29, 0.717) is 17.8 Å². The van der Waals surface area contributed by atoms with E-state index in [1.165, 1.54) is 18.9 Å². The number of hydrogen-bond acceptors (Lipinski definition) is 3. The van der Waals surface area contributed by atoms with Crippen molar-refractivity contribution in [2.75, 3.05) is 0 Å².